The summed E-state index contributed by atoms with van der Waals surface area (Å²) in [6, 6.07) is 11.4. The topological polar surface area (TPSA) is 67.2 Å². The van der Waals surface area contributed by atoms with Gasteiger partial charge in [-0.1, -0.05) is 24.3 Å². The molecule has 7 heteroatoms. The van der Waals surface area contributed by atoms with E-state index in [0.29, 0.717) is 24.9 Å². The fourth-order valence-electron chi connectivity index (χ4n) is 3.65. The fourth-order valence-corrected chi connectivity index (χ4v) is 4.35. The summed E-state index contributed by atoms with van der Waals surface area (Å²) in [5, 5.41) is 11.0. The SMILES string of the molecule is O=C(Cc1cccs1)NCc1nn(CCN2CCCC2)c(=O)c2ccccc12. The molecule has 1 amide bonds. The van der Waals surface area contributed by atoms with E-state index in [1.807, 2.05) is 41.8 Å². The highest BCUT2D eigenvalue weighted by atomic mass is 32.1. The molecule has 3 heterocycles. The maximum absolute atomic E-state index is 12.8. The molecular weight excluding hydrogens is 372 g/mol. The van der Waals surface area contributed by atoms with E-state index in [9.17, 15) is 9.59 Å². The van der Waals surface area contributed by atoms with Gasteiger partial charge in [-0.15, -0.1) is 11.3 Å². The van der Waals surface area contributed by atoms with Gasteiger partial charge in [0.1, 0.15) is 0 Å². The van der Waals surface area contributed by atoms with Gasteiger partial charge in [0.2, 0.25) is 5.91 Å². The van der Waals surface area contributed by atoms with Crippen LogP contribution in [0.2, 0.25) is 0 Å². The molecule has 0 radical (unpaired) electrons. The number of fused-ring (bicyclic) bond motifs is 1. The Labute approximate surface area is 167 Å². The maximum atomic E-state index is 12.8. The van der Waals surface area contributed by atoms with Crippen LogP contribution < -0.4 is 10.9 Å². The molecule has 0 bridgehead atoms. The lowest BCUT2D eigenvalue weighted by Gasteiger charge is -2.16. The van der Waals surface area contributed by atoms with E-state index in [1.54, 1.807) is 16.0 Å². The van der Waals surface area contributed by atoms with Gasteiger partial charge >= 0.3 is 0 Å². The van der Waals surface area contributed by atoms with Crippen LogP contribution in [0.4, 0.5) is 0 Å². The molecule has 1 fully saturated rings. The van der Waals surface area contributed by atoms with Gasteiger partial charge in [0.05, 0.1) is 30.6 Å². The Kier molecular flexibility index (Phi) is 5.83. The van der Waals surface area contributed by atoms with Crippen LogP contribution in [0.1, 0.15) is 23.4 Å². The van der Waals surface area contributed by atoms with Crippen molar-refractivity contribution in [3.63, 3.8) is 0 Å². The predicted octanol–water partition coefficient (Wildman–Crippen LogP) is 2.41. The summed E-state index contributed by atoms with van der Waals surface area (Å²) >= 11 is 1.57. The average Bonchev–Trinajstić information content (AvgIpc) is 3.41. The average molecular weight is 397 g/mol. The van der Waals surface area contributed by atoms with Gasteiger partial charge in [0.15, 0.2) is 0 Å². The van der Waals surface area contributed by atoms with Gasteiger partial charge < -0.3 is 10.2 Å². The molecule has 0 saturated carbocycles. The van der Waals surface area contributed by atoms with Crippen molar-refractivity contribution in [1.82, 2.24) is 20.0 Å². The number of rotatable bonds is 7. The van der Waals surface area contributed by atoms with Gasteiger partial charge in [-0.2, -0.15) is 5.10 Å². The molecule has 28 heavy (non-hydrogen) atoms. The van der Waals surface area contributed by atoms with Gasteiger partial charge in [-0.05, 0) is 43.4 Å². The fraction of sp³-hybridized carbons (Fsp3) is 0.381. The van der Waals surface area contributed by atoms with Crippen molar-refractivity contribution in [2.24, 2.45) is 0 Å². The number of carbonyl (C=O) groups excluding carboxylic acids is 1. The van der Waals surface area contributed by atoms with E-state index < -0.39 is 0 Å². The first-order valence-electron chi connectivity index (χ1n) is 9.71. The minimum atomic E-state index is -0.0662. The minimum Gasteiger partial charge on any atom is -0.350 e. The largest absolute Gasteiger partial charge is 0.350 e. The Balaban J connectivity index is 1.52. The summed E-state index contributed by atoms with van der Waals surface area (Å²) in [5.41, 5.74) is 0.666. The first-order chi connectivity index (χ1) is 13.7. The normalized spacial score (nSPS) is 14.6. The second kappa shape index (κ2) is 8.67. The number of hydrogen-bond donors (Lipinski definition) is 1. The molecule has 0 atom stereocenters. The molecule has 0 spiro atoms. The smallest absolute Gasteiger partial charge is 0.274 e. The quantitative estimate of drug-likeness (QED) is 0.666. The highest BCUT2D eigenvalue weighted by Crippen LogP contribution is 2.14. The number of hydrogen-bond acceptors (Lipinski definition) is 5. The Hall–Kier alpha value is -2.51. The molecule has 146 valence electrons. The summed E-state index contributed by atoms with van der Waals surface area (Å²) in [4.78, 5) is 28.5. The molecule has 6 nitrogen and oxygen atoms in total. The van der Waals surface area contributed by atoms with Crippen molar-refractivity contribution in [1.29, 1.82) is 0 Å². The molecular formula is C21H24N4O2S. The van der Waals surface area contributed by atoms with E-state index >= 15 is 0 Å². The molecule has 1 saturated heterocycles. The lowest BCUT2D eigenvalue weighted by atomic mass is 10.1. The van der Waals surface area contributed by atoms with Crippen LogP contribution in [0.5, 0.6) is 0 Å². The molecule has 0 unspecified atom stereocenters. The van der Waals surface area contributed by atoms with Crippen molar-refractivity contribution < 1.29 is 4.79 Å². The zero-order valence-electron chi connectivity index (χ0n) is 15.8. The molecule has 4 rings (SSSR count). The summed E-state index contributed by atoms with van der Waals surface area (Å²) in [7, 11) is 0. The van der Waals surface area contributed by atoms with Gasteiger partial charge in [0.25, 0.3) is 5.56 Å². The number of amides is 1. The standard InChI is InChI=1S/C21H24N4O2S/c26-20(14-16-6-5-13-28-16)22-15-19-17-7-1-2-8-18(17)21(27)25(23-19)12-11-24-9-3-4-10-24/h1-2,5-8,13H,3-4,9-12,14-15H2,(H,22,26). The number of thiophene rings is 1. The summed E-state index contributed by atoms with van der Waals surface area (Å²) in [6.07, 6.45) is 2.81. The van der Waals surface area contributed by atoms with Crippen LogP contribution in [-0.4, -0.2) is 40.2 Å². The third-order valence-corrected chi connectivity index (χ3v) is 6.02. The molecule has 3 aromatic rings. The van der Waals surface area contributed by atoms with Crippen LogP contribution in [0.3, 0.4) is 0 Å². The van der Waals surface area contributed by atoms with Crippen LogP contribution in [0, 0.1) is 0 Å². The number of likely N-dealkylation sites (tertiary alicyclic amines) is 1. The van der Waals surface area contributed by atoms with Gasteiger partial charge in [0, 0.05) is 16.8 Å². The first-order valence-corrected chi connectivity index (χ1v) is 10.6. The zero-order chi connectivity index (χ0) is 19.3. The third kappa shape index (κ3) is 4.31. The summed E-state index contributed by atoms with van der Waals surface area (Å²) < 4.78 is 1.56. The molecule has 2 aromatic heterocycles. The Morgan fingerprint density at radius 1 is 1.07 bits per heavy atom. The molecule has 1 aliphatic heterocycles. The van der Waals surface area contributed by atoms with E-state index in [1.165, 1.54) is 12.8 Å². The monoisotopic (exact) mass is 396 g/mol. The molecule has 1 aliphatic rings. The Morgan fingerprint density at radius 2 is 1.86 bits per heavy atom. The maximum Gasteiger partial charge on any atom is 0.274 e. The molecule has 1 N–H and O–H groups in total. The second-order valence-electron chi connectivity index (χ2n) is 7.10. The molecule has 1 aromatic carbocycles. The van der Waals surface area contributed by atoms with Gasteiger partial charge in [-0.3, -0.25) is 9.59 Å². The summed E-state index contributed by atoms with van der Waals surface area (Å²) in [5.74, 6) is -0.0388. The van der Waals surface area contributed by atoms with E-state index in [2.05, 4.69) is 15.3 Å². The second-order valence-corrected chi connectivity index (χ2v) is 8.13. The summed E-state index contributed by atoms with van der Waals surface area (Å²) in [6.45, 7) is 3.89. The van der Waals surface area contributed by atoms with Crippen molar-refractivity contribution in [2.45, 2.75) is 32.4 Å². The first kappa shape index (κ1) is 18.8. The van der Waals surface area contributed by atoms with Crippen molar-refractivity contribution in [3.8, 4) is 0 Å². The van der Waals surface area contributed by atoms with E-state index in [4.69, 9.17) is 0 Å². The predicted molar refractivity (Wildman–Crippen MR) is 112 cm³/mol. The number of nitrogens with one attached hydrogen (secondary N) is 1. The van der Waals surface area contributed by atoms with Crippen LogP contribution in [0.15, 0.2) is 46.6 Å². The van der Waals surface area contributed by atoms with Crippen molar-refractivity contribution in [2.75, 3.05) is 19.6 Å². The Bertz CT molecular complexity index is 1010. The third-order valence-electron chi connectivity index (χ3n) is 5.14. The number of benzene rings is 1. The number of aromatic nitrogens is 2. The van der Waals surface area contributed by atoms with E-state index in [-0.39, 0.29) is 11.5 Å². The van der Waals surface area contributed by atoms with Gasteiger partial charge in [-0.25, -0.2) is 4.68 Å². The van der Waals surface area contributed by atoms with Crippen LogP contribution >= 0.6 is 11.3 Å². The number of carbonyl (C=O) groups is 1. The van der Waals surface area contributed by atoms with Crippen LogP contribution in [-0.2, 0) is 24.3 Å². The van der Waals surface area contributed by atoms with E-state index in [0.717, 1.165) is 35.6 Å². The molecule has 0 aliphatic carbocycles. The minimum absolute atomic E-state index is 0.0388. The Morgan fingerprint density at radius 3 is 2.61 bits per heavy atom. The highest BCUT2D eigenvalue weighted by molar-refractivity contribution is 7.10. The number of nitrogens with zero attached hydrogens (tertiary/aromatic N) is 3. The lowest BCUT2D eigenvalue weighted by molar-refractivity contribution is -0.120. The van der Waals surface area contributed by atoms with Crippen molar-refractivity contribution >= 4 is 28.0 Å². The van der Waals surface area contributed by atoms with Crippen molar-refractivity contribution in [3.05, 3.63) is 62.7 Å². The van der Waals surface area contributed by atoms with Crippen LogP contribution in [0.25, 0.3) is 10.8 Å². The zero-order valence-corrected chi connectivity index (χ0v) is 16.6. The lowest BCUT2D eigenvalue weighted by Crippen LogP contribution is -2.33. The highest BCUT2D eigenvalue weighted by Gasteiger charge is 2.15.